The van der Waals surface area contributed by atoms with Crippen LogP contribution in [0.25, 0.3) is 0 Å². The first-order valence-electron chi connectivity index (χ1n) is 7.41. The van der Waals surface area contributed by atoms with E-state index in [-0.39, 0.29) is 6.04 Å². The predicted octanol–water partition coefficient (Wildman–Crippen LogP) is 4.97. The Morgan fingerprint density at radius 1 is 1.00 bits per heavy atom. The van der Waals surface area contributed by atoms with Gasteiger partial charge in [-0.25, -0.2) is 13.2 Å². The first kappa shape index (κ1) is 17.0. The third-order valence-corrected chi connectivity index (χ3v) is 3.77. The SMILES string of the molecule is CCCNC(CC(CC)CC)c1cc(F)c(F)c(F)c1. The van der Waals surface area contributed by atoms with Crippen LogP contribution in [0.5, 0.6) is 0 Å². The van der Waals surface area contributed by atoms with Gasteiger partial charge in [0.1, 0.15) is 0 Å². The van der Waals surface area contributed by atoms with Gasteiger partial charge >= 0.3 is 0 Å². The monoisotopic (exact) mass is 287 g/mol. The number of benzene rings is 1. The fourth-order valence-corrected chi connectivity index (χ4v) is 2.39. The van der Waals surface area contributed by atoms with E-state index < -0.39 is 17.5 Å². The van der Waals surface area contributed by atoms with Crippen LogP contribution in [-0.4, -0.2) is 6.54 Å². The smallest absolute Gasteiger partial charge is 0.194 e. The molecule has 0 saturated carbocycles. The number of halogens is 3. The summed E-state index contributed by atoms with van der Waals surface area (Å²) in [6, 6.07) is 2.08. The van der Waals surface area contributed by atoms with Gasteiger partial charge in [0.05, 0.1) is 0 Å². The summed E-state index contributed by atoms with van der Waals surface area (Å²) in [6.07, 6.45) is 3.78. The minimum Gasteiger partial charge on any atom is -0.310 e. The highest BCUT2D eigenvalue weighted by molar-refractivity contribution is 5.23. The molecule has 0 aromatic heterocycles. The van der Waals surface area contributed by atoms with Gasteiger partial charge in [0.15, 0.2) is 17.5 Å². The molecule has 0 amide bonds. The Kier molecular flexibility index (Phi) is 7.06. The molecule has 0 saturated heterocycles. The quantitative estimate of drug-likeness (QED) is 0.666. The van der Waals surface area contributed by atoms with Crippen LogP contribution in [0.4, 0.5) is 13.2 Å². The average molecular weight is 287 g/mol. The highest BCUT2D eigenvalue weighted by Gasteiger charge is 2.19. The number of rotatable bonds is 8. The Hall–Kier alpha value is -1.03. The molecule has 114 valence electrons. The van der Waals surface area contributed by atoms with E-state index in [2.05, 4.69) is 19.2 Å². The lowest BCUT2D eigenvalue weighted by atomic mass is 9.91. The molecular formula is C16H24F3N. The second kappa shape index (κ2) is 8.30. The number of hydrogen-bond donors (Lipinski definition) is 1. The van der Waals surface area contributed by atoms with Crippen molar-refractivity contribution in [1.29, 1.82) is 0 Å². The van der Waals surface area contributed by atoms with Crippen LogP contribution < -0.4 is 5.32 Å². The van der Waals surface area contributed by atoms with Gasteiger partial charge in [-0.15, -0.1) is 0 Å². The molecule has 0 radical (unpaired) electrons. The first-order chi connectivity index (χ1) is 9.53. The van der Waals surface area contributed by atoms with E-state index in [0.29, 0.717) is 11.5 Å². The molecule has 1 aromatic carbocycles. The van der Waals surface area contributed by atoms with Crippen molar-refractivity contribution in [3.05, 3.63) is 35.1 Å². The molecule has 0 aliphatic heterocycles. The lowest BCUT2D eigenvalue weighted by molar-refractivity contribution is 0.367. The zero-order chi connectivity index (χ0) is 15.1. The van der Waals surface area contributed by atoms with E-state index >= 15 is 0 Å². The van der Waals surface area contributed by atoms with E-state index in [4.69, 9.17) is 0 Å². The molecule has 0 aliphatic rings. The minimum absolute atomic E-state index is 0.135. The van der Waals surface area contributed by atoms with Crippen molar-refractivity contribution in [2.45, 2.75) is 52.5 Å². The maximum Gasteiger partial charge on any atom is 0.194 e. The van der Waals surface area contributed by atoms with Gasteiger partial charge in [0.25, 0.3) is 0 Å². The summed E-state index contributed by atoms with van der Waals surface area (Å²) in [7, 11) is 0. The van der Waals surface area contributed by atoms with Crippen molar-refractivity contribution >= 4 is 0 Å². The van der Waals surface area contributed by atoms with Gasteiger partial charge in [-0.3, -0.25) is 0 Å². The van der Waals surface area contributed by atoms with Crippen molar-refractivity contribution in [3.63, 3.8) is 0 Å². The largest absolute Gasteiger partial charge is 0.310 e. The summed E-state index contributed by atoms with van der Waals surface area (Å²) in [5, 5.41) is 3.30. The van der Waals surface area contributed by atoms with E-state index in [1.165, 1.54) is 0 Å². The molecule has 1 aromatic rings. The minimum atomic E-state index is -1.40. The Morgan fingerprint density at radius 2 is 1.55 bits per heavy atom. The molecule has 20 heavy (non-hydrogen) atoms. The van der Waals surface area contributed by atoms with Crippen molar-refractivity contribution in [2.75, 3.05) is 6.54 Å². The Balaban J connectivity index is 2.97. The van der Waals surface area contributed by atoms with Gasteiger partial charge in [-0.1, -0.05) is 33.6 Å². The molecule has 1 atom stereocenters. The van der Waals surface area contributed by atoms with E-state index in [1.807, 2.05) is 6.92 Å². The summed E-state index contributed by atoms with van der Waals surface area (Å²) in [5.74, 6) is -3.15. The Labute approximate surface area is 119 Å². The Bertz CT molecular complexity index is 393. The third kappa shape index (κ3) is 4.51. The normalized spacial score (nSPS) is 12.9. The molecule has 1 rings (SSSR count). The van der Waals surface area contributed by atoms with Crippen LogP contribution in [0.15, 0.2) is 12.1 Å². The van der Waals surface area contributed by atoms with Gasteiger partial charge in [-0.2, -0.15) is 0 Å². The van der Waals surface area contributed by atoms with Crippen LogP contribution in [0.3, 0.4) is 0 Å². The van der Waals surface area contributed by atoms with Crippen molar-refractivity contribution in [2.24, 2.45) is 5.92 Å². The van der Waals surface area contributed by atoms with Crippen LogP contribution in [-0.2, 0) is 0 Å². The lowest BCUT2D eigenvalue weighted by Crippen LogP contribution is -2.25. The average Bonchev–Trinajstić information content (AvgIpc) is 2.44. The highest BCUT2D eigenvalue weighted by Crippen LogP contribution is 2.27. The van der Waals surface area contributed by atoms with Crippen LogP contribution in [0.1, 0.15) is 58.1 Å². The van der Waals surface area contributed by atoms with Crippen LogP contribution in [0, 0.1) is 23.4 Å². The summed E-state index contributed by atoms with van der Waals surface area (Å²) < 4.78 is 39.8. The van der Waals surface area contributed by atoms with Crippen molar-refractivity contribution in [3.8, 4) is 0 Å². The summed E-state index contributed by atoms with van der Waals surface area (Å²) in [6.45, 7) is 7.02. The van der Waals surface area contributed by atoms with Gasteiger partial charge in [0, 0.05) is 6.04 Å². The molecule has 0 spiro atoms. The maximum atomic E-state index is 13.4. The summed E-state index contributed by atoms with van der Waals surface area (Å²) >= 11 is 0. The standard InChI is InChI=1S/C16H24F3N/c1-4-7-20-15(8-11(5-2)6-3)12-9-13(17)16(19)14(18)10-12/h9-11,15,20H,4-8H2,1-3H3. The van der Waals surface area contributed by atoms with Crippen LogP contribution >= 0.6 is 0 Å². The topological polar surface area (TPSA) is 12.0 Å². The van der Waals surface area contributed by atoms with Gasteiger partial charge in [0.2, 0.25) is 0 Å². The molecule has 1 unspecified atom stereocenters. The third-order valence-electron chi connectivity index (χ3n) is 3.77. The fraction of sp³-hybridized carbons (Fsp3) is 0.625. The van der Waals surface area contributed by atoms with Gasteiger partial charge in [-0.05, 0) is 43.0 Å². The van der Waals surface area contributed by atoms with E-state index in [0.717, 1.165) is 44.4 Å². The highest BCUT2D eigenvalue weighted by atomic mass is 19.2. The summed E-state index contributed by atoms with van der Waals surface area (Å²) in [4.78, 5) is 0. The molecule has 0 fully saturated rings. The van der Waals surface area contributed by atoms with E-state index in [1.54, 1.807) is 0 Å². The second-order valence-electron chi connectivity index (χ2n) is 5.22. The van der Waals surface area contributed by atoms with Crippen molar-refractivity contribution < 1.29 is 13.2 Å². The lowest BCUT2D eigenvalue weighted by Gasteiger charge is -2.24. The zero-order valence-corrected chi connectivity index (χ0v) is 12.5. The zero-order valence-electron chi connectivity index (χ0n) is 12.5. The summed E-state index contributed by atoms with van der Waals surface area (Å²) in [5.41, 5.74) is 0.488. The van der Waals surface area contributed by atoms with Gasteiger partial charge < -0.3 is 5.32 Å². The molecular weight excluding hydrogens is 263 g/mol. The van der Waals surface area contributed by atoms with Crippen molar-refractivity contribution in [1.82, 2.24) is 5.32 Å². The fourth-order valence-electron chi connectivity index (χ4n) is 2.39. The number of nitrogens with one attached hydrogen (secondary N) is 1. The van der Waals surface area contributed by atoms with Crippen LogP contribution in [0.2, 0.25) is 0 Å². The molecule has 1 N–H and O–H groups in total. The molecule has 1 nitrogen and oxygen atoms in total. The number of hydrogen-bond acceptors (Lipinski definition) is 1. The molecule has 0 bridgehead atoms. The maximum absolute atomic E-state index is 13.4. The second-order valence-corrected chi connectivity index (χ2v) is 5.22. The Morgan fingerprint density at radius 3 is 2.00 bits per heavy atom. The predicted molar refractivity (Wildman–Crippen MR) is 76.0 cm³/mol. The first-order valence-corrected chi connectivity index (χ1v) is 7.41. The van der Waals surface area contributed by atoms with E-state index in [9.17, 15) is 13.2 Å². The molecule has 0 aliphatic carbocycles. The molecule has 0 heterocycles. The molecule has 4 heteroatoms.